The summed E-state index contributed by atoms with van der Waals surface area (Å²) in [5, 5.41) is 10.7. The Hall–Kier alpha value is -2.99. The predicted octanol–water partition coefficient (Wildman–Crippen LogP) is 6.39. The van der Waals surface area contributed by atoms with Crippen molar-refractivity contribution in [3.63, 3.8) is 0 Å². The van der Waals surface area contributed by atoms with Crippen molar-refractivity contribution in [1.29, 1.82) is 0 Å². The molecule has 6 heteroatoms. The van der Waals surface area contributed by atoms with Gasteiger partial charge in [-0.1, -0.05) is 29.8 Å². The van der Waals surface area contributed by atoms with Gasteiger partial charge >= 0.3 is 5.97 Å². The number of pyridine rings is 1. The molecule has 0 radical (unpaired) electrons. The molecule has 1 aliphatic rings. The first-order valence-corrected chi connectivity index (χ1v) is 13.0. The Morgan fingerprint density at radius 2 is 2.00 bits per heavy atom. The lowest BCUT2D eigenvalue weighted by Crippen LogP contribution is -2.44. The normalized spacial score (nSPS) is 19.3. The number of hydrogen-bond donors (Lipinski definition) is 1. The van der Waals surface area contributed by atoms with Gasteiger partial charge < -0.3 is 14.7 Å². The summed E-state index contributed by atoms with van der Waals surface area (Å²) in [4.78, 5) is 18.7. The second kappa shape index (κ2) is 12.3. The molecule has 3 atom stereocenters. The number of unbranched alkanes of at least 4 members (excludes halogenated alkanes) is 1. The first kappa shape index (κ1) is 26.1. The maximum Gasteiger partial charge on any atom is 0.308 e. The molecular formula is C30H37FN2O3. The molecule has 0 unspecified atom stereocenters. The fourth-order valence-electron chi connectivity index (χ4n) is 5.38. The smallest absolute Gasteiger partial charge is 0.308 e. The molecule has 1 aliphatic heterocycles. The van der Waals surface area contributed by atoms with Crippen molar-refractivity contribution in [2.24, 2.45) is 11.8 Å². The molecule has 1 N–H and O–H groups in total. The molecule has 2 heterocycles. The van der Waals surface area contributed by atoms with Crippen LogP contribution >= 0.6 is 0 Å². The molecule has 2 aromatic carbocycles. The van der Waals surface area contributed by atoms with Crippen LogP contribution in [0.4, 0.5) is 4.39 Å². The molecule has 192 valence electrons. The average molecular weight is 493 g/mol. The average Bonchev–Trinajstić information content (AvgIpc) is 2.90. The molecule has 1 fully saturated rings. The maximum atomic E-state index is 15.4. The van der Waals surface area contributed by atoms with Crippen LogP contribution in [0.15, 0.2) is 54.7 Å². The van der Waals surface area contributed by atoms with E-state index < -0.39 is 18.1 Å². The zero-order valence-corrected chi connectivity index (χ0v) is 21.3. The summed E-state index contributed by atoms with van der Waals surface area (Å²) in [6.45, 7) is 4.44. The molecule has 0 aliphatic carbocycles. The van der Waals surface area contributed by atoms with Gasteiger partial charge in [0.1, 0.15) is 11.9 Å². The lowest BCUT2D eigenvalue weighted by Gasteiger charge is -2.37. The number of aryl methyl sites for hydroxylation is 2. The van der Waals surface area contributed by atoms with Gasteiger partial charge in [-0.05, 0) is 99.8 Å². The fourth-order valence-corrected chi connectivity index (χ4v) is 5.38. The number of fused-ring (bicyclic) bond motifs is 1. The van der Waals surface area contributed by atoms with E-state index in [1.54, 1.807) is 19.4 Å². The van der Waals surface area contributed by atoms with Gasteiger partial charge in [-0.25, -0.2) is 4.39 Å². The molecule has 3 aromatic rings. The van der Waals surface area contributed by atoms with Gasteiger partial charge in [0.2, 0.25) is 0 Å². The molecule has 0 bridgehead atoms. The number of piperidine rings is 1. The highest BCUT2D eigenvalue weighted by Crippen LogP contribution is 2.35. The molecule has 1 saturated heterocycles. The van der Waals surface area contributed by atoms with E-state index in [1.165, 1.54) is 11.1 Å². The summed E-state index contributed by atoms with van der Waals surface area (Å²) >= 11 is 0. The first-order valence-electron chi connectivity index (χ1n) is 13.0. The minimum absolute atomic E-state index is 0.00723. The van der Waals surface area contributed by atoms with Gasteiger partial charge in [0, 0.05) is 18.1 Å². The summed E-state index contributed by atoms with van der Waals surface area (Å²) in [6, 6.07) is 15.9. The number of carboxylic acids is 1. The molecule has 0 saturated carbocycles. The lowest BCUT2D eigenvalue weighted by atomic mass is 9.81. The van der Waals surface area contributed by atoms with Crippen LogP contribution in [-0.2, 0) is 11.2 Å². The van der Waals surface area contributed by atoms with Crippen LogP contribution in [0.2, 0.25) is 0 Å². The minimum atomic E-state index is -1.17. The molecule has 1 aromatic heterocycles. The third-order valence-corrected chi connectivity index (χ3v) is 7.58. The molecule has 0 amide bonds. The zero-order valence-electron chi connectivity index (χ0n) is 21.3. The summed E-state index contributed by atoms with van der Waals surface area (Å²) in [7, 11) is 1.59. The highest BCUT2D eigenvalue weighted by molar-refractivity contribution is 5.83. The number of carbonyl (C=O) groups is 1. The quantitative estimate of drug-likeness (QED) is 0.314. The highest BCUT2D eigenvalue weighted by Gasteiger charge is 2.34. The predicted molar refractivity (Wildman–Crippen MR) is 141 cm³/mol. The second-order valence-electron chi connectivity index (χ2n) is 10.1. The first-order chi connectivity index (χ1) is 17.4. The van der Waals surface area contributed by atoms with Crippen LogP contribution in [0.3, 0.4) is 0 Å². The Morgan fingerprint density at radius 3 is 2.75 bits per heavy atom. The third kappa shape index (κ3) is 6.61. The Bertz CT molecular complexity index is 1150. The minimum Gasteiger partial charge on any atom is -0.497 e. The zero-order chi connectivity index (χ0) is 25.5. The Balaban J connectivity index is 1.29. The summed E-state index contributed by atoms with van der Waals surface area (Å²) < 4.78 is 20.7. The number of methoxy groups -OCH3 is 1. The van der Waals surface area contributed by atoms with Crippen molar-refractivity contribution in [2.75, 3.05) is 26.7 Å². The Kier molecular flexibility index (Phi) is 8.92. The van der Waals surface area contributed by atoms with Gasteiger partial charge in [-0.3, -0.25) is 9.78 Å². The Morgan fingerprint density at radius 1 is 1.19 bits per heavy atom. The van der Waals surface area contributed by atoms with Crippen LogP contribution in [0.1, 0.15) is 55.0 Å². The SMILES string of the molecule is COc1ccc2nccc([C@H](F)CC[C@@H]3CCN(CCCCc4ccc(C)cc4)C[C@@H]3C(=O)O)c2c1. The monoisotopic (exact) mass is 492 g/mol. The number of halogens is 1. The van der Waals surface area contributed by atoms with Crippen molar-refractivity contribution >= 4 is 16.9 Å². The van der Waals surface area contributed by atoms with E-state index >= 15 is 4.39 Å². The number of ether oxygens (including phenoxy) is 1. The number of benzene rings is 2. The van der Waals surface area contributed by atoms with Crippen molar-refractivity contribution < 1.29 is 19.0 Å². The highest BCUT2D eigenvalue weighted by atomic mass is 19.1. The lowest BCUT2D eigenvalue weighted by molar-refractivity contribution is -0.146. The summed E-state index contributed by atoms with van der Waals surface area (Å²) in [5.41, 5.74) is 3.95. The van der Waals surface area contributed by atoms with Crippen molar-refractivity contribution in [2.45, 2.75) is 51.6 Å². The van der Waals surface area contributed by atoms with Crippen LogP contribution in [-0.4, -0.2) is 47.7 Å². The molecule has 36 heavy (non-hydrogen) atoms. The number of nitrogens with zero attached hydrogens (tertiary/aromatic N) is 2. The number of aromatic nitrogens is 1. The van der Waals surface area contributed by atoms with E-state index in [9.17, 15) is 9.90 Å². The van der Waals surface area contributed by atoms with Crippen LogP contribution in [0.25, 0.3) is 10.9 Å². The van der Waals surface area contributed by atoms with Crippen LogP contribution < -0.4 is 4.74 Å². The Labute approximate surface area is 213 Å². The second-order valence-corrected chi connectivity index (χ2v) is 10.1. The third-order valence-electron chi connectivity index (χ3n) is 7.58. The van der Waals surface area contributed by atoms with E-state index in [0.717, 1.165) is 49.7 Å². The van der Waals surface area contributed by atoms with Gasteiger partial charge in [-0.15, -0.1) is 0 Å². The summed E-state index contributed by atoms with van der Waals surface area (Å²) in [6.07, 6.45) is 5.32. The molecule has 0 spiro atoms. The van der Waals surface area contributed by atoms with Gasteiger partial charge in [0.25, 0.3) is 0 Å². The van der Waals surface area contributed by atoms with E-state index in [-0.39, 0.29) is 5.92 Å². The topological polar surface area (TPSA) is 62.7 Å². The van der Waals surface area contributed by atoms with Gasteiger partial charge in [0.05, 0.1) is 18.5 Å². The van der Waals surface area contributed by atoms with Crippen LogP contribution in [0.5, 0.6) is 5.75 Å². The molecule has 5 nitrogen and oxygen atoms in total. The van der Waals surface area contributed by atoms with Crippen molar-refractivity contribution in [3.8, 4) is 5.75 Å². The number of hydrogen-bond acceptors (Lipinski definition) is 4. The van der Waals surface area contributed by atoms with Gasteiger partial charge in [-0.2, -0.15) is 0 Å². The maximum absolute atomic E-state index is 15.4. The van der Waals surface area contributed by atoms with E-state index in [0.29, 0.717) is 30.7 Å². The van der Waals surface area contributed by atoms with E-state index in [2.05, 4.69) is 41.1 Å². The van der Waals surface area contributed by atoms with E-state index in [4.69, 9.17) is 4.74 Å². The standard InChI is InChI=1S/C30H37FN2O3/c1-21-6-8-22(9-7-21)5-3-4-17-33-18-15-23(27(20-33)30(34)35)10-12-28(31)25-14-16-32-29-13-11-24(36-2)19-26(25)29/h6-9,11,13-14,16,19,23,27-28H,3-5,10,12,15,17-18,20H2,1-2H3,(H,34,35)/t23-,27+,28-/m1/s1. The number of alkyl halides is 1. The van der Waals surface area contributed by atoms with E-state index in [1.807, 2.05) is 18.2 Å². The molecular weight excluding hydrogens is 455 g/mol. The number of carboxylic acid groups (broad SMARTS) is 1. The summed E-state index contributed by atoms with van der Waals surface area (Å²) in [5.74, 6) is -0.551. The van der Waals surface area contributed by atoms with Crippen LogP contribution in [0, 0.1) is 18.8 Å². The number of aliphatic carboxylic acids is 1. The number of rotatable bonds is 11. The molecule has 4 rings (SSSR count). The van der Waals surface area contributed by atoms with Crippen molar-refractivity contribution in [3.05, 3.63) is 71.4 Å². The largest absolute Gasteiger partial charge is 0.497 e. The van der Waals surface area contributed by atoms with Gasteiger partial charge in [0.15, 0.2) is 0 Å². The van der Waals surface area contributed by atoms with Crippen molar-refractivity contribution in [1.82, 2.24) is 9.88 Å². The fraction of sp³-hybridized carbons (Fsp3) is 0.467. The number of likely N-dealkylation sites (tertiary alicyclic amines) is 1.